The molecule has 0 bridgehead atoms. The summed E-state index contributed by atoms with van der Waals surface area (Å²) in [5.74, 6) is -1.61. The van der Waals surface area contributed by atoms with Gasteiger partial charge in [-0.05, 0) is 47.4 Å². The third kappa shape index (κ3) is 6.52. The van der Waals surface area contributed by atoms with Crippen LogP contribution < -0.4 is 10.6 Å². The van der Waals surface area contributed by atoms with Gasteiger partial charge < -0.3 is 15.7 Å². The Bertz CT molecular complexity index is 1340. The normalized spacial score (nSPS) is 11.5. The maximum atomic E-state index is 13.1. The van der Waals surface area contributed by atoms with Crippen LogP contribution in [0, 0.1) is 6.92 Å². The van der Waals surface area contributed by atoms with Crippen LogP contribution in [0.25, 0.3) is 11.1 Å². The van der Waals surface area contributed by atoms with Gasteiger partial charge in [-0.2, -0.15) is 0 Å². The number of anilines is 1. The van der Waals surface area contributed by atoms with E-state index in [1.807, 2.05) is 85.8 Å². The van der Waals surface area contributed by atoms with E-state index in [0.717, 1.165) is 22.3 Å². The third-order valence-corrected chi connectivity index (χ3v) is 6.17. The molecular weight excluding hydrogens is 472 g/mol. The Labute approximate surface area is 215 Å². The van der Waals surface area contributed by atoms with Gasteiger partial charge in [-0.1, -0.05) is 96.0 Å². The van der Waals surface area contributed by atoms with Crippen LogP contribution in [0.5, 0.6) is 0 Å². The van der Waals surface area contributed by atoms with Crippen LogP contribution in [-0.4, -0.2) is 23.0 Å². The Balaban J connectivity index is 1.46. The van der Waals surface area contributed by atoms with Gasteiger partial charge in [-0.15, -0.1) is 0 Å². The molecule has 0 radical (unpaired) electrons. The third-order valence-electron chi connectivity index (χ3n) is 5.93. The van der Waals surface area contributed by atoms with E-state index >= 15 is 0 Å². The highest BCUT2D eigenvalue weighted by atomic mass is 35.5. The largest absolute Gasteiger partial charge is 0.480 e. The second kappa shape index (κ2) is 11.6. The molecule has 0 saturated heterocycles. The fourth-order valence-corrected chi connectivity index (χ4v) is 4.07. The smallest absolute Gasteiger partial charge is 0.326 e. The summed E-state index contributed by atoms with van der Waals surface area (Å²) in [5.41, 5.74) is 6.03. The molecule has 0 aliphatic rings. The highest BCUT2D eigenvalue weighted by molar-refractivity contribution is 6.31. The molecule has 0 fully saturated rings. The van der Waals surface area contributed by atoms with Gasteiger partial charge in [-0.25, -0.2) is 4.79 Å². The minimum absolute atomic E-state index is 0.156. The molecule has 4 aromatic rings. The summed E-state index contributed by atoms with van der Waals surface area (Å²) in [6.07, 6.45) is 0.156. The van der Waals surface area contributed by atoms with Crippen molar-refractivity contribution in [1.82, 2.24) is 5.32 Å². The maximum absolute atomic E-state index is 13.1. The lowest BCUT2D eigenvalue weighted by Crippen LogP contribution is -2.42. The summed E-state index contributed by atoms with van der Waals surface area (Å²) in [6.45, 7) is 2.54. The molecule has 0 aliphatic carbocycles. The molecule has 0 spiro atoms. The first-order chi connectivity index (χ1) is 17.4. The van der Waals surface area contributed by atoms with Gasteiger partial charge in [0.25, 0.3) is 5.91 Å². The standard InChI is InChI=1S/C30H27ClN2O3/c1-20-7-9-22(10-8-20)19-32-27-16-15-25(31)18-26(27)29(34)33-28(30(35)36)17-21-11-13-24(14-12-21)23-5-3-2-4-6-23/h2-16,18,28,32H,17,19H2,1H3,(H,33,34)(H,35,36). The number of carboxylic acid groups (broad SMARTS) is 1. The van der Waals surface area contributed by atoms with Crippen LogP contribution in [0.3, 0.4) is 0 Å². The number of carbonyl (C=O) groups is 2. The summed E-state index contributed by atoms with van der Waals surface area (Å²) in [7, 11) is 0. The minimum atomic E-state index is -1.10. The van der Waals surface area contributed by atoms with E-state index < -0.39 is 17.9 Å². The van der Waals surface area contributed by atoms with Crippen molar-refractivity contribution in [3.8, 4) is 11.1 Å². The van der Waals surface area contributed by atoms with Crippen molar-refractivity contribution in [3.63, 3.8) is 0 Å². The number of aliphatic carboxylic acids is 1. The number of hydrogen-bond acceptors (Lipinski definition) is 3. The van der Waals surface area contributed by atoms with Gasteiger partial charge in [0.05, 0.1) is 5.56 Å². The van der Waals surface area contributed by atoms with E-state index in [0.29, 0.717) is 22.8 Å². The summed E-state index contributed by atoms with van der Waals surface area (Å²) in [6, 6.07) is 29.6. The highest BCUT2D eigenvalue weighted by Crippen LogP contribution is 2.23. The summed E-state index contributed by atoms with van der Waals surface area (Å²) in [5, 5.41) is 16.1. The Morgan fingerprint density at radius 2 is 1.47 bits per heavy atom. The Morgan fingerprint density at radius 3 is 2.14 bits per heavy atom. The fraction of sp³-hybridized carbons (Fsp3) is 0.133. The number of benzene rings is 4. The molecule has 5 nitrogen and oxygen atoms in total. The van der Waals surface area contributed by atoms with E-state index in [1.54, 1.807) is 18.2 Å². The monoisotopic (exact) mass is 498 g/mol. The predicted molar refractivity (Wildman–Crippen MR) is 144 cm³/mol. The van der Waals surface area contributed by atoms with E-state index in [4.69, 9.17) is 11.6 Å². The lowest BCUT2D eigenvalue weighted by Gasteiger charge is -2.17. The van der Waals surface area contributed by atoms with Gasteiger partial charge >= 0.3 is 5.97 Å². The summed E-state index contributed by atoms with van der Waals surface area (Å²) >= 11 is 6.17. The van der Waals surface area contributed by atoms with Crippen LogP contribution in [-0.2, 0) is 17.8 Å². The van der Waals surface area contributed by atoms with Crippen LogP contribution in [0.1, 0.15) is 27.0 Å². The van der Waals surface area contributed by atoms with Crippen LogP contribution in [0.15, 0.2) is 97.1 Å². The quantitative estimate of drug-likeness (QED) is 0.251. The van der Waals surface area contributed by atoms with E-state index in [1.165, 1.54) is 5.56 Å². The van der Waals surface area contributed by atoms with Gasteiger partial charge in [0, 0.05) is 23.7 Å². The number of carboxylic acids is 1. The first-order valence-electron chi connectivity index (χ1n) is 11.7. The van der Waals surface area contributed by atoms with Crippen molar-refractivity contribution >= 4 is 29.2 Å². The highest BCUT2D eigenvalue weighted by Gasteiger charge is 2.23. The zero-order valence-corrected chi connectivity index (χ0v) is 20.6. The molecule has 0 aliphatic heterocycles. The zero-order chi connectivity index (χ0) is 25.5. The number of rotatable bonds is 9. The first-order valence-corrected chi connectivity index (χ1v) is 12.0. The molecule has 36 heavy (non-hydrogen) atoms. The summed E-state index contributed by atoms with van der Waals surface area (Å²) < 4.78 is 0. The molecule has 3 N–H and O–H groups in total. The SMILES string of the molecule is Cc1ccc(CNc2ccc(Cl)cc2C(=O)NC(Cc2ccc(-c3ccccc3)cc2)C(=O)O)cc1. The molecule has 6 heteroatoms. The molecule has 182 valence electrons. The minimum Gasteiger partial charge on any atom is -0.480 e. The average molecular weight is 499 g/mol. The van der Waals surface area contributed by atoms with Crippen LogP contribution >= 0.6 is 11.6 Å². The zero-order valence-electron chi connectivity index (χ0n) is 19.9. The Kier molecular flexibility index (Phi) is 8.03. The maximum Gasteiger partial charge on any atom is 0.326 e. The molecule has 4 rings (SSSR count). The fourth-order valence-electron chi connectivity index (χ4n) is 3.90. The number of aryl methyl sites for hydroxylation is 1. The number of nitrogens with one attached hydrogen (secondary N) is 2. The lowest BCUT2D eigenvalue weighted by atomic mass is 10.0. The first kappa shape index (κ1) is 25.0. The van der Waals surface area contributed by atoms with Crippen molar-refractivity contribution in [1.29, 1.82) is 0 Å². The molecule has 1 amide bonds. The summed E-state index contributed by atoms with van der Waals surface area (Å²) in [4.78, 5) is 25.1. The van der Waals surface area contributed by atoms with Crippen molar-refractivity contribution in [3.05, 3.63) is 124 Å². The molecule has 0 aromatic heterocycles. The van der Waals surface area contributed by atoms with E-state index in [-0.39, 0.29) is 6.42 Å². The molecular formula is C30H27ClN2O3. The van der Waals surface area contributed by atoms with E-state index in [2.05, 4.69) is 10.6 Å². The lowest BCUT2D eigenvalue weighted by molar-refractivity contribution is -0.139. The van der Waals surface area contributed by atoms with Crippen molar-refractivity contribution < 1.29 is 14.7 Å². The van der Waals surface area contributed by atoms with Crippen LogP contribution in [0.2, 0.25) is 5.02 Å². The predicted octanol–water partition coefficient (Wildman–Crippen LogP) is 6.35. The topological polar surface area (TPSA) is 78.4 Å². The average Bonchev–Trinajstić information content (AvgIpc) is 2.89. The second-order valence-corrected chi connectivity index (χ2v) is 9.10. The molecule has 1 unspecified atom stereocenters. The van der Waals surface area contributed by atoms with Crippen molar-refractivity contribution in [2.75, 3.05) is 5.32 Å². The number of halogens is 1. The van der Waals surface area contributed by atoms with Crippen LogP contribution in [0.4, 0.5) is 5.69 Å². The number of carbonyl (C=O) groups excluding carboxylic acids is 1. The van der Waals surface area contributed by atoms with Gasteiger partial charge in [0.2, 0.25) is 0 Å². The number of amides is 1. The van der Waals surface area contributed by atoms with Gasteiger partial charge in [-0.3, -0.25) is 4.79 Å². The number of hydrogen-bond donors (Lipinski definition) is 3. The Hall–Kier alpha value is -4.09. The molecule has 0 heterocycles. The molecule has 0 saturated carbocycles. The second-order valence-electron chi connectivity index (χ2n) is 8.66. The van der Waals surface area contributed by atoms with Gasteiger partial charge in [0.1, 0.15) is 6.04 Å². The van der Waals surface area contributed by atoms with Gasteiger partial charge in [0.15, 0.2) is 0 Å². The van der Waals surface area contributed by atoms with Crippen molar-refractivity contribution in [2.24, 2.45) is 0 Å². The molecule has 4 aromatic carbocycles. The van der Waals surface area contributed by atoms with Crippen molar-refractivity contribution in [2.45, 2.75) is 25.9 Å². The Morgan fingerprint density at radius 1 is 0.833 bits per heavy atom. The van der Waals surface area contributed by atoms with E-state index in [9.17, 15) is 14.7 Å². The molecule has 1 atom stereocenters.